The Bertz CT molecular complexity index is 1060. The van der Waals surface area contributed by atoms with Gasteiger partial charge >= 0.3 is 0 Å². The van der Waals surface area contributed by atoms with Crippen LogP contribution in [0.3, 0.4) is 0 Å². The molecule has 1 aromatic carbocycles. The number of benzene rings is 1. The highest BCUT2D eigenvalue weighted by Gasteiger charge is 2.35. The highest BCUT2D eigenvalue weighted by Crippen LogP contribution is 2.28. The number of hydrogen-bond acceptors (Lipinski definition) is 4. The largest absolute Gasteiger partial charge is 0.324 e. The average Bonchev–Trinajstić information content (AvgIpc) is 3.25. The molecule has 1 N–H and O–H groups in total. The maximum Gasteiger partial charge on any atom is 0.229 e. The van der Waals surface area contributed by atoms with Gasteiger partial charge in [-0.05, 0) is 38.1 Å². The van der Waals surface area contributed by atoms with Gasteiger partial charge in [-0.2, -0.15) is 5.10 Å². The van der Waals surface area contributed by atoms with Crippen molar-refractivity contribution in [3.8, 4) is 0 Å². The number of amides is 2. The monoisotopic (exact) mass is 441 g/mol. The number of rotatable bonds is 4. The van der Waals surface area contributed by atoms with Crippen LogP contribution >= 0.6 is 15.9 Å². The van der Waals surface area contributed by atoms with Gasteiger partial charge in [0, 0.05) is 34.6 Å². The number of carbonyl (C=O) groups excluding carboxylic acids is 2. The zero-order chi connectivity index (χ0) is 19.8. The summed E-state index contributed by atoms with van der Waals surface area (Å²) in [5.74, 6) is -0.631. The minimum atomic E-state index is -0.402. The summed E-state index contributed by atoms with van der Waals surface area (Å²) in [6, 6.07) is 9.58. The zero-order valence-corrected chi connectivity index (χ0v) is 17.2. The molecule has 28 heavy (non-hydrogen) atoms. The molecule has 2 aromatic heterocycles. The average molecular weight is 442 g/mol. The molecule has 0 spiro atoms. The number of halogens is 1. The van der Waals surface area contributed by atoms with Gasteiger partial charge in [-0.15, -0.1) is 0 Å². The fraction of sp³-hybridized carbons (Fsp3) is 0.300. The molecular formula is C20H20BrN5O2. The number of aromatic nitrogens is 3. The van der Waals surface area contributed by atoms with E-state index in [0.717, 1.165) is 21.2 Å². The molecule has 0 radical (unpaired) electrons. The van der Waals surface area contributed by atoms with Gasteiger partial charge in [0.25, 0.3) is 0 Å². The van der Waals surface area contributed by atoms with Gasteiger partial charge < -0.3 is 10.2 Å². The number of hydrogen-bond donors (Lipinski definition) is 1. The van der Waals surface area contributed by atoms with Gasteiger partial charge in [-0.1, -0.05) is 22.0 Å². The van der Waals surface area contributed by atoms with E-state index in [4.69, 9.17) is 0 Å². The fourth-order valence-electron chi connectivity index (χ4n) is 3.41. The lowest BCUT2D eigenvalue weighted by molar-refractivity contribution is -0.122. The first-order valence-electron chi connectivity index (χ1n) is 9.12. The van der Waals surface area contributed by atoms with Crippen LogP contribution in [0.4, 0.5) is 11.4 Å². The Kier molecular flexibility index (Phi) is 4.89. The van der Waals surface area contributed by atoms with Crippen molar-refractivity contribution >= 4 is 50.2 Å². The third-order valence-corrected chi connectivity index (χ3v) is 5.30. The molecule has 4 rings (SSSR count). The fourth-order valence-corrected chi connectivity index (χ4v) is 3.79. The van der Waals surface area contributed by atoms with Crippen molar-refractivity contribution in [1.82, 2.24) is 14.8 Å². The molecule has 7 nitrogen and oxygen atoms in total. The smallest absolute Gasteiger partial charge is 0.229 e. The highest BCUT2D eigenvalue weighted by molar-refractivity contribution is 9.10. The Morgan fingerprint density at radius 2 is 2.11 bits per heavy atom. The second-order valence-corrected chi connectivity index (χ2v) is 8.11. The molecule has 1 atom stereocenters. The van der Waals surface area contributed by atoms with E-state index >= 15 is 0 Å². The third kappa shape index (κ3) is 3.52. The van der Waals surface area contributed by atoms with Crippen molar-refractivity contribution in [3.05, 3.63) is 47.2 Å². The number of nitrogens with one attached hydrogen (secondary N) is 1. The normalized spacial score (nSPS) is 16.9. The minimum Gasteiger partial charge on any atom is -0.324 e. The van der Waals surface area contributed by atoms with E-state index in [1.54, 1.807) is 17.3 Å². The molecule has 0 aliphatic carbocycles. The van der Waals surface area contributed by atoms with Gasteiger partial charge in [0.05, 0.1) is 24.0 Å². The van der Waals surface area contributed by atoms with E-state index in [1.165, 1.54) is 0 Å². The van der Waals surface area contributed by atoms with Crippen LogP contribution < -0.4 is 10.2 Å². The van der Waals surface area contributed by atoms with E-state index in [-0.39, 0.29) is 24.3 Å². The van der Waals surface area contributed by atoms with Crippen LogP contribution in [0.25, 0.3) is 11.0 Å². The lowest BCUT2D eigenvalue weighted by Gasteiger charge is -2.17. The number of anilines is 2. The van der Waals surface area contributed by atoms with Crippen LogP contribution in [-0.2, 0) is 9.59 Å². The van der Waals surface area contributed by atoms with Crippen molar-refractivity contribution in [2.24, 2.45) is 5.92 Å². The summed E-state index contributed by atoms with van der Waals surface area (Å²) in [5.41, 5.74) is 2.18. The van der Waals surface area contributed by atoms with Gasteiger partial charge in [0.15, 0.2) is 5.65 Å². The van der Waals surface area contributed by atoms with E-state index in [1.807, 2.05) is 48.9 Å². The lowest BCUT2D eigenvalue weighted by atomic mass is 10.1. The van der Waals surface area contributed by atoms with E-state index < -0.39 is 5.92 Å². The zero-order valence-electron chi connectivity index (χ0n) is 15.6. The van der Waals surface area contributed by atoms with Gasteiger partial charge in [-0.3, -0.25) is 9.59 Å². The van der Waals surface area contributed by atoms with E-state index in [2.05, 4.69) is 31.3 Å². The molecule has 1 aliphatic rings. The summed E-state index contributed by atoms with van der Waals surface area (Å²) in [5, 5.41) is 8.10. The van der Waals surface area contributed by atoms with Crippen molar-refractivity contribution < 1.29 is 9.59 Å². The topological polar surface area (TPSA) is 80.1 Å². The van der Waals surface area contributed by atoms with Gasteiger partial charge in [-0.25, -0.2) is 9.67 Å². The summed E-state index contributed by atoms with van der Waals surface area (Å²) in [6.45, 7) is 4.44. The Morgan fingerprint density at radius 3 is 2.86 bits per heavy atom. The Morgan fingerprint density at radius 1 is 1.29 bits per heavy atom. The van der Waals surface area contributed by atoms with Crippen LogP contribution in [0, 0.1) is 5.92 Å². The number of nitrogens with zero attached hydrogens (tertiary/aromatic N) is 4. The van der Waals surface area contributed by atoms with Gasteiger partial charge in [0.1, 0.15) is 0 Å². The van der Waals surface area contributed by atoms with Crippen molar-refractivity contribution in [2.45, 2.75) is 26.3 Å². The first kappa shape index (κ1) is 18.6. The van der Waals surface area contributed by atoms with Gasteiger partial charge in [0.2, 0.25) is 11.8 Å². The van der Waals surface area contributed by atoms with Crippen molar-refractivity contribution in [3.63, 3.8) is 0 Å². The minimum absolute atomic E-state index is 0.0509. The number of fused-ring (bicyclic) bond motifs is 1. The third-order valence-electron chi connectivity index (χ3n) is 4.81. The number of pyridine rings is 1. The predicted molar refractivity (Wildman–Crippen MR) is 111 cm³/mol. The second kappa shape index (κ2) is 7.35. The second-order valence-electron chi connectivity index (χ2n) is 7.19. The van der Waals surface area contributed by atoms with Crippen LogP contribution in [-0.4, -0.2) is 33.1 Å². The van der Waals surface area contributed by atoms with Crippen LogP contribution in [0.5, 0.6) is 0 Å². The first-order valence-corrected chi connectivity index (χ1v) is 9.91. The summed E-state index contributed by atoms with van der Waals surface area (Å²) in [6.07, 6.45) is 3.56. The molecule has 144 valence electrons. The van der Waals surface area contributed by atoms with Crippen LogP contribution in [0.15, 0.2) is 47.2 Å². The molecule has 8 heteroatoms. The van der Waals surface area contributed by atoms with Crippen LogP contribution in [0.2, 0.25) is 0 Å². The maximum absolute atomic E-state index is 12.7. The highest BCUT2D eigenvalue weighted by atomic mass is 79.9. The summed E-state index contributed by atoms with van der Waals surface area (Å²) < 4.78 is 2.74. The molecule has 1 saturated heterocycles. The molecule has 2 amide bonds. The summed E-state index contributed by atoms with van der Waals surface area (Å²) in [7, 11) is 0. The molecule has 3 aromatic rings. The molecule has 0 saturated carbocycles. The molecular weight excluding hydrogens is 422 g/mol. The first-order chi connectivity index (χ1) is 13.4. The van der Waals surface area contributed by atoms with Crippen molar-refractivity contribution in [1.29, 1.82) is 0 Å². The Labute approximate surface area is 170 Å². The van der Waals surface area contributed by atoms with Crippen molar-refractivity contribution in [2.75, 3.05) is 16.8 Å². The summed E-state index contributed by atoms with van der Waals surface area (Å²) >= 11 is 3.42. The SMILES string of the molecule is CC(C)n1ncc2cc(NC(=O)C3CC(=O)N(c4cccc(Br)c4)C3)cnc21. The Balaban J connectivity index is 1.48. The summed E-state index contributed by atoms with van der Waals surface area (Å²) in [4.78, 5) is 31.2. The van der Waals surface area contributed by atoms with E-state index in [0.29, 0.717) is 12.2 Å². The van der Waals surface area contributed by atoms with E-state index in [9.17, 15) is 9.59 Å². The Hall–Kier alpha value is -2.74. The lowest BCUT2D eigenvalue weighted by Crippen LogP contribution is -2.28. The molecule has 1 fully saturated rings. The molecule has 1 aliphatic heterocycles. The maximum atomic E-state index is 12.7. The standard InChI is InChI=1S/C20H20BrN5O2/c1-12(2)26-19-13(9-23-26)6-16(10-22-19)24-20(28)14-7-18(27)25(11-14)17-5-3-4-15(21)8-17/h3-6,8-10,12,14H,7,11H2,1-2H3,(H,24,28). The molecule has 1 unspecified atom stereocenters. The number of carbonyl (C=O) groups is 2. The predicted octanol–water partition coefficient (Wildman–Crippen LogP) is 3.77. The molecule has 3 heterocycles. The van der Waals surface area contributed by atoms with Crippen LogP contribution in [0.1, 0.15) is 26.3 Å². The quantitative estimate of drug-likeness (QED) is 0.667. The molecule has 0 bridgehead atoms.